The van der Waals surface area contributed by atoms with Crippen molar-refractivity contribution in [2.24, 2.45) is 7.05 Å². The summed E-state index contributed by atoms with van der Waals surface area (Å²) in [6, 6.07) is 12.9. The number of pyridine rings is 1. The van der Waals surface area contributed by atoms with Crippen molar-refractivity contribution in [3.05, 3.63) is 87.5 Å². The van der Waals surface area contributed by atoms with Gasteiger partial charge in [0.25, 0.3) is 11.5 Å². The maximum absolute atomic E-state index is 14.0. The van der Waals surface area contributed by atoms with E-state index in [1.54, 1.807) is 0 Å². The van der Waals surface area contributed by atoms with Gasteiger partial charge in [-0.25, -0.2) is 4.39 Å². The van der Waals surface area contributed by atoms with Gasteiger partial charge in [0, 0.05) is 18.7 Å². The number of carbonyl (C=O) groups excluding carboxylic acids is 1. The number of benzene rings is 2. The highest BCUT2D eigenvalue weighted by Crippen LogP contribution is 2.35. The Morgan fingerprint density at radius 2 is 1.69 bits per heavy atom. The zero-order valence-electron chi connectivity index (χ0n) is 18.9. The number of nitrogens with zero attached hydrogens (tertiary/aromatic N) is 1. The topological polar surface area (TPSA) is 71.3 Å². The van der Waals surface area contributed by atoms with E-state index in [0.29, 0.717) is 30.9 Å². The van der Waals surface area contributed by atoms with Gasteiger partial charge in [-0.1, -0.05) is 30.3 Å². The van der Waals surface area contributed by atoms with Crippen LogP contribution in [0.4, 0.5) is 17.6 Å². The van der Waals surface area contributed by atoms with Gasteiger partial charge in [-0.3, -0.25) is 9.59 Å². The van der Waals surface area contributed by atoms with Crippen LogP contribution in [0.25, 0.3) is 11.3 Å². The Bertz CT molecular complexity index is 1290. The first kappa shape index (κ1) is 24.5. The van der Waals surface area contributed by atoms with E-state index in [1.807, 2.05) is 18.2 Å². The molecule has 5 nitrogen and oxygen atoms in total. The molecule has 1 saturated carbocycles. The van der Waals surface area contributed by atoms with Crippen molar-refractivity contribution in [2.75, 3.05) is 0 Å². The Kier molecular flexibility index (Phi) is 6.69. The van der Waals surface area contributed by atoms with Crippen molar-refractivity contribution in [1.29, 1.82) is 0 Å². The number of rotatable bonds is 4. The molecule has 35 heavy (non-hydrogen) atoms. The lowest BCUT2D eigenvalue weighted by Crippen LogP contribution is -2.38. The molecule has 0 unspecified atom stereocenters. The molecule has 0 radical (unpaired) electrons. The van der Waals surface area contributed by atoms with Gasteiger partial charge in [0.1, 0.15) is 5.82 Å². The zero-order chi connectivity index (χ0) is 25.3. The number of aromatic hydroxyl groups is 1. The molecule has 0 atom stereocenters. The van der Waals surface area contributed by atoms with E-state index in [4.69, 9.17) is 0 Å². The van der Waals surface area contributed by atoms with Gasteiger partial charge in [-0.15, -0.1) is 0 Å². The average Bonchev–Trinajstić information content (AvgIpc) is 2.83. The van der Waals surface area contributed by atoms with Gasteiger partial charge in [-0.05, 0) is 61.4 Å². The number of alkyl halides is 3. The highest BCUT2D eigenvalue weighted by atomic mass is 19.4. The highest BCUT2D eigenvalue weighted by molar-refractivity contribution is 5.97. The Labute approximate surface area is 199 Å². The molecule has 4 rings (SSSR count). The molecular weight excluding hydrogens is 464 g/mol. The molecule has 0 aliphatic heterocycles. The summed E-state index contributed by atoms with van der Waals surface area (Å²) in [4.78, 5) is 25.5. The van der Waals surface area contributed by atoms with Gasteiger partial charge in [0.2, 0.25) is 0 Å². The fraction of sp³-hybridized carbons (Fsp3) is 0.308. The van der Waals surface area contributed by atoms with E-state index in [0.717, 1.165) is 29.5 Å². The molecule has 1 aliphatic carbocycles. The maximum Gasteiger partial charge on any atom is 0.416 e. The fourth-order valence-electron chi connectivity index (χ4n) is 4.60. The highest BCUT2D eigenvalue weighted by Gasteiger charge is 2.32. The Morgan fingerprint density at radius 3 is 2.31 bits per heavy atom. The van der Waals surface area contributed by atoms with Crippen LogP contribution in [0, 0.1) is 5.82 Å². The summed E-state index contributed by atoms with van der Waals surface area (Å²) < 4.78 is 54.4. The summed E-state index contributed by atoms with van der Waals surface area (Å²) in [5.74, 6) is -2.29. The SMILES string of the molecule is Cn1c(-c2cc(F)cc(C(F)(F)F)c2)cc(C(=O)NC2CCC(c3ccccc3)CC2)c(O)c1=O. The summed E-state index contributed by atoms with van der Waals surface area (Å²) in [6.45, 7) is 0. The van der Waals surface area contributed by atoms with Crippen LogP contribution in [0.15, 0.2) is 59.4 Å². The second kappa shape index (κ2) is 9.56. The van der Waals surface area contributed by atoms with Gasteiger partial charge in [0.05, 0.1) is 16.8 Å². The van der Waals surface area contributed by atoms with Crippen molar-refractivity contribution in [2.45, 2.75) is 43.8 Å². The van der Waals surface area contributed by atoms with E-state index in [9.17, 15) is 32.3 Å². The van der Waals surface area contributed by atoms with Crippen LogP contribution in [0.3, 0.4) is 0 Å². The number of halogens is 4. The molecule has 184 valence electrons. The van der Waals surface area contributed by atoms with Gasteiger partial charge in [0.15, 0.2) is 5.75 Å². The molecule has 1 fully saturated rings. The monoisotopic (exact) mass is 488 g/mol. The van der Waals surface area contributed by atoms with Gasteiger partial charge in [-0.2, -0.15) is 13.2 Å². The third-order valence-corrected chi connectivity index (χ3v) is 6.50. The predicted molar refractivity (Wildman–Crippen MR) is 123 cm³/mol. The first-order chi connectivity index (χ1) is 16.5. The number of amides is 1. The number of aromatic nitrogens is 1. The third-order valence-electron chi connectivity index (χ3n) is 6.50. The second-order valence-electron chi connectivity index (χ2n) is 8.82. The van der Waals surface area contributed by atoms with Crippen LogP contribution >= 0.6 is 0 Å². The van der Waals surface area contributed by atoms with Crippen LogP contribution in [0.2, 0.25) is 0 Å². The molecule has 1 aliphatic rings. The standard InChI is InChI=1S/C26H24F4N2O3/c1-32-22(17-11-18(26(28,29)30)13-19(27)12-17)14-21(23(33)25(32)35)24(34)31-20-9-7-16(8-10-20)15-5-3-2-4-6-15/h2-6,11-14,16,20,33H,7-10H2,1H3,(H,31,34). The molecule has 2 N–H and O–H groups in total. The third kappa shape index (κ3) is 5.23. The number of hydrogen-bond donors (Lipinski definition) is 2. The lowest BCUT2D eigenvalue weighted by atomic mass is 9.81. The zero-order valence-corrected chi connectivity index (χ0v) is 18.9. The molecule has 0 saturated heterocycles. The first-order valence-electron chi connectivity index (χ1n) is 11.2. The predicted octanol–water partition coefficient (Wildman–Crippen LogP) is 5.37. The number of carbonyl (C=O) groups is 1. The van der Waals surface area contributed by atoms with Crippen LogP contribution in [-0.2, 0) is 13.2 Å². The lowest BCUT2D eigenvalue weighted by molar-refractivity contribution is -0.137. The van der Waals surface area contributed by atoms with Crippen LogP contribution in [0.5, 0.6) is 5.75 Å². The van der Waals surface area contributed by atoms with E-state index in [1.165, 1.54) is 12.6 Å². The van der Waals surface area contributed by atoms with Crippen molar-refractivity contribution in [3.63, 3.8) is 0 Å². The summed E-state index contributed by atoms with van der Waals surface area (Å²) in [5.41, 5.74) is -1.71. The average molecular weight is 488 g/mol. The summed E-state index contributed by atoms with van der Waals surface area (Å²) in [5, 5.41) is 13.1. The van der Waals surface area contributed by atoms with Crippen LogP contribution in [-0.4, -0.2) is 21.6 Å². The molecule has 2 aromatic carbocycles. The minimum absolute atomic E-state index is 0.129. The molecule has 9 heteroatoms. The van der Waals surface area contributed by atoms with E-state index < -0.39 is 34.8 Å². The van der Waals surface area contributed by atoms with E-state index >= 15 is 0 Å². The minimum Gasteiger partial charge on any atom is -0.502 e. The Hall–Kier alpha value is -3.62. The maximum atomic E-state index is 14.0. The quantitative estimate of drug-likeness (QED) is 0.485. The first-order valence-corrected chi connectivity index (χ1v) is 11.2. The largest absolute Gasteiger partial charge is 0.502 e. The van der Waals surface area contributed by atoms with Crippen molar-refractivity contribution >= 4 is 5.91 Å². The van der Waals surface area contributed by atoms with Gasteiger partial charge < -0.3 is 15.0 Å². The summed E-state index contributed by atoms with van der Waals surface area (Å²) >= 11 is 0. The summed E-state index contributed by atoms with van der Waals surface area (Å²) in [7, 11) is 1.22. The molecule has 0 spiro atoms. The van der Waals surface area contributed by atoms with Crippen LogP contribution in [0.1, 0.15) is 53.1 Å². The van der Waals surface area contributed by atoms with Crippen molar-refractivity contribution < 1.29 is 27.5 Å². The van der Waals surface area contributed by atoms with E-state index in [-0.39, 0.29) is 22.9 Å². The normalized spacial score (nSPS) is 18.3. The second-order valence-corrected chi connectivity index (χ2v) is 8.82. The molecular formula is C26H24F4N2O3. The molecule has 0 bridgehead atoms. The fourth-order valence-corrected chi connectivity index (χ4v) is 4.60. The Morgan fingerprint density at radius 1 is 1.03 bits per heavy atom. The number of hydrogen-bond acceptors (Lipinski definition) is 3. The minimum atomic E-state index is -4.80. The van der Waals surface area contributed by atoms with Gasteiger partial charge >= 0.3 is 6.18 Å². The lowest BCUT2D eigenvalue weighted by Gasteiger charge is -2.29. The summed E-state index contributed by atoms with van der Waals surface area (Å²) in [6.07, 6.45) is -1.70. The molecule has 1 heterocycles. The smallest absolute Gasteiger partial charge is 0.416 e. The molecule has 1 aromatic heterocycles. The van der Waals surface area contributed by atoms with Crippen LogP contribution < -0.4 is 10.9 Å². The van der Waals surface area contributed by atoms with Crippen molar-refractivity contribution in [3.8, 4) is 17.0 Å². The van der Waals surface area contributed by atoms with E-state index in [2.05, 4.69) is 17.4 Å². The molecule has 3 aromatic rings. The van der Waals surface area contributed by atoms with Crippen molar-refractivity contribution in [1.82, 2.24) is 9.88 Å². The number of nitrogens with one attached hydrogen (secondary N) is 1. The molecule has 1 amide bonds. The Balaban J connectivity index is 1.58.